The lowest BCUT2D eigenvalue weighted by atomic mass is 9.87. The average molecular weight is 333 g/mol. The summed E-state index contributed by atoms with van der Waals surface area (Å²) in [5.74, 6) is 0. The lowest BCUT2D eigenvalue weighted by molar-refractivity contribution is -0.0448. The van der Waals surface area contributed by atoms with E-state index in [2.05, 4.69) is 25.7 Å². The predicted octanol–water partition coefficient (Wildman–Crippen LogP) is 2.11. The van der Waals surface area contributed by atoms with Crippen molar-refractivity contribution >= 4 is 17.0 Å². The van der Waals surface area contributed by atoms with Crippen molar-refractivity contribution in [3.8, 4) is 0 Å². The van der Waals surface area contributed by atoms with E-state index >= 15 is 0 Å². The van der Waals surface area contributed by atoms with Gasteiger partial charge in [0.25, 0.3) is 0 Å². The Morgan fingerprint density at radius 2 is 2.30 bits per heavy atom. The van der Waals surface area contributed by atoms with Crippen molar-refractivity contribution in [1.29, 1.82) is 0 Å². The lowest BCUT2D eigenvalue weighted by Crippen LogP contribution is -2.44. The quantitative estimate of drug-likeness (QED) is 0.929. The number of aromatic nitrogens is 3. The normalized spacial score (nSPS) is 24.3. The Kier molecular flexibility index (Phi) is 4.09. The van der Waals surface area contributed by atoms with Gasteiger partial charge in [0.1, 0.15) is 5.01 Å². The molecule has 0 saturated carbocycles. The van der Waals surface area contributed by atoms with Gasteiger partial charge < -0.3 is 10.1 Å². The second kappa shape index (κ2) is 6.22. The van der Waals surface area contributed by atoms with Crippen LogP contribution in [0.15, 0.2) is 24.0 Å². The number of piperidine rings is 1. The molecule has 4 heterocycles. The molecule has 1 N–H and O–H groups in total. The van der Waals surface area contributed by atoms with Crippen molar-refractivity contribution in [2.75, 3.05) is 25.0 Å². The highest BCUT2D eigenvalue weighted by atomic mass is 32.1. The van der Waals surface area contributed by atoms with Crippen molar-refractivity contribution in [1.82, 2.24) is 19.7 Å². The number of nitrogens with one attached hydrogen (secondary N) is 1. The molecule has 6 nitrogen and oxygen atoms in total. The van der Waals surface area contributed by atoms with Gasteiger partial charge in [-0.05, 0) is 19.3 Å². The van der Waals surface area contributed by atoms with Gasteiger partial charge in [0, 0.05) is 37.9 Å². The fourth-order valence-corrected chi connectivity index (χ4v) is 4.32. The number of likely N-dealkylation sites (tertiary alicyclic amines) is 1. The SMILES string of the molecule is Cn1cc(N[C@H]2COC3(CCN(Cc4nccs4)CC3)C2)cn1. The van der Waals surface area contributed by atoms with E-state index < -0.39 is 0 Å². The van der Waals surface area contributed by atoms with Crippen LogP contribution in [0.2, 0.25) is 0 Å². The van der Waals surface area contributed by atoms with E-state index in [-0.39, 0.29) is 5.60 Å². The van der Waals surface area contributed by atoms with Gasteiger partial charge in [-0.15, -0.1) is 11.3 Å². The van der Waals surface area contributed by atoms with Crippen LogP contribution in [-0.2, 0) is 18.3 Å². The van der Waals surface area contributed by atoms with Gasteiger partial charge in [0.2, 0.25) is 0 Å². The Hall–Kier alpha value is -1.44. The molecule has 7 heteroatoms. The maximum Gasteiger partial charge on any atom is 0.107 e. The van der Waals surface area contributed by atoms with Crippen LogP contribution >= 0.6 is 11.3 Å². The standard InChI is InChI=1S/C16H23N5OS/c1-20-10-14(9-18-20)19-13-8-16(22-12-13)2-5-21(6-3-16)11-15-17-4-7-23-15/h4,7,9-10,13,19H,2-3,5-6,8,11-12H2,1H3/t13-/m1/s1. The van der Waals surface area contributed by atoms with Gasteiger partial charge in [0.05, 0.1) is 36.7 Å². The molecule has 0 aromatic carbocycles. The minimum Gasteiger partial charge on any atom is -0.377 e. The van der Waals surface area contributed by atoms with E-state index in [9.17, 15) is 0 Å². The number of rotatable bonds is 4. The third kappa shape index (κ3) is 3.41. The molecule has 0 aliphatic carbocycles. The second-order valence-corrected chi connectivity index (χ2v) is 7.62. The monoisotopic (exact) mass is 333 g/mol. The van der Waals surface area contributed by atoms with E-state index in [0.717, 1.165) is 51.2 Å². The molecule has 23 heavy (non-hydrogen) atoms. The Morgan fingerprint density at radius 3 is 3.00 bits per heavy atom. The average Bonchev–Trinajstić information content (AvgIpc) is 3.26. The van der Waals surface area contributed by atoms with E-state index in [1.165, 1.54) is 5.01 Å². The van der Waals surface area contributed by atoms with E-state index in [1.807, 2.05) is 30.3 Å². The molecule has 1 atom stereocenters. The second-order valence-electron chi connectivity index (χ2n) is 6.64. The number of nitrogens with zero attached hydrogens (tertiary/aromatic N) is 4. The van der Waals surface area contributed by atoms with Crippen LogP contribution in [0.5, 0.6) is 0 Å². The van der Waals surface area contributed by atoms with Crippen LogP contribution in [0.25, 0.3) is 0 Å². The molecular formula is C16H23N5OS. The topological polar surface area (TPSA) is 55.2 Å². The zero-order valence-electron chi connectivity index (χ0n) is 13.4. The molecule has 0 bridgehead atoms. The first-order valence-corrected chi connectivity index (χ1v) is 9.09. The summed E-state index contributed by atoms with van der Waals surface area (Å²) in [6.45, 7) is 3.96. The first-order valence-electron chi connectivity index (χ1n) is 8.21. The number of hydrogen-bond acceptors (Lipinski definition) is 6. The van der Waals surface area contributed by atoms with E-state index in [1.54, 1.807) is 11.3 Å². The lowest BCUT2D eigenvalue weighted by Gasteiger charge is -2.38. The van der Waals surface area contributed by atoms with Crippen molar-refractivity contribution in [2.24, 2.45) is 7.05 Å². The summed E-state index contributed by atoms with van der Waals surface area (Å²) in [7, 11) is 1.94. The van der Waals surface area contributed by atoms with Crippen LogP contribution in [0.3, 0.4) is 0 Å². The zero-order valence-corrected chi connectivity index (χ0v) is 14.3. The van der Waals surface area contributed by atoms with Gasteiger partial charge in [-0.25, -0.2) is 4.98 Å². The molecule has 2 fully saturated rings. The molecule has 0 unspecified atom stereocenters. The van der Waals surface area contributed by atoms with E-state index in [0.29, 0.717) is 6.04 Å². The van der Waals surface area contributed by atoms with Gasteiger partial charge in [-0.2, -0.15) is 5.10 Å². The van der Waals surface area contributed by atoms with Crippen molar-refractivity contribution in [3.05, 3.63) is 29.0 Å². The third-order valence-electron chi connectivity index (χ3n) is 4.89. The Morgan fingerprint density at radius 1 is 1.43 bits per heavy atom. The Bertz CT molecular complexity index is 633. The predicted molar refractivity (Wildman–Crippen MR) is 90.5 cm³/mol. The highest BCUT2D eigenvalue weighted by molar-refractivity contribution is 7.09. The van der Waals surface area contributed by atoms with Gasteiger partial charge in [-0.1, -0.05) is 0 Å². The summed E-state index contributed by atoms with van der Waals surface area (Å²) in [6.07, 6.45) is 9.10. The smallest absolute Gasteiger partial charge is 0.107 e. The third-order valence-corrected chi connectivity index (χ3v) is 5.66. The fourth-order valence-electron chi connectivity index (χ4n) is 3.66. The molecule has 0 radical (unpaired) electrons. The van der Waals surface area contributed by atoms with Crippen LogP contribution in [-0.4, -0.2) is 51.0 Å². The summed E-state index contributed by atoms with van der Waals surface area (Å²) >= 11 is 1.74. The number of hydrogen-bond donors (Lipinski definition) is 1. The van der Waals surface area contributed by atoms with Crippen LogP contribution in [0.4, 0.5) is 5.69 Å². The molecular weight excluding hydrogens is 310 g/mol. The van der Waals surface area contributed by atoms with E-state index in [4.69, 9.17) is 4.74 Å². The van der Waals surface area contributed by atoms with Crippen molar-refractivity contribution in [2.45, 2.75) is 37.5 Å². The molecule has 4 rings (SSSR count). The number of aryl methyl sites for hydroxylation is 1. The van der Waals surface area contributed by atoms with Crippen molar-refractivity contribution in [3.63, 3.8) is 0 Å². The molecule has 2 aliphatic heterocycles. The highest BCUT2D eigenvalue weighted by Crippen LogP contribution is 2.37. The van der Waals surface area contributed by atoms with Gasteiger partial charge in [-0.3, -0.25) is 9.58 Å². The van der Waals surface area contributed by atoms with Gasteiger partial charge in [0.15, 0.2) is 0 Å². The zero-order chi connectivity index (χ0) is 15.7. The largest absolute Gasteiger partial charge is 0.377 e. The summed E-state index contributed by atoms with van der Waals surface area (Å²) in [4.78, 5) is 6.88. The molecule has 0 amide bonds. The summed E-state index contributed by atoms with van der Waals surface area (Å²) in [6, 6.07) is 0.393. The molecule has 2 aliphatic rings. The summed E-state index contributed by atoms with van der Waals surface area (Å²) < 4.78 is 8.05. The maximum absolute atomic E-state index is 6.23. The molecule has 2 aromatic heterocycles. The minimum absolute atomic E-state index is 0.0687. The van der Waals surface area contributed by atoms with Crippen LogP contribution in [0, 0.1) is 0 Å². The number of anilines is 1. The Balaban J connectivity index is 1.29. The maximum atomic E-state index is 6.23. The number of thiazole rings is 1. The summed E-state index contributed by atoms with van der Waals surface area (Å²) in [5.41, 5.74) is 1.15. The van der Waals surface area contributed by atoms with Crippen LogP contribution < -0.4 is 5.32 Å². The molecule has 2 aromatic rings. The van der Waals surface area contributed by atoms with Crippen molar-refractivity contribution < 1.29 is 4.74 Å². The first kappa shape index (κ1) is 15.1. The fraction of sp³-hybridized carbons (Fsp3) is 0.625. The summed E-state index contributed by atoms with van der Waals surface area (Å²) in [5, 5.41) is 11.0. The highest BCUT2D eigenvalue weighted by Gasteiger charge is 2.42. The van der Waals surface area contributed by atoms with Crippen LogP contribution in [0.1, 0.15) is 24.3 Å². The number of ether oxygens (including phenoxy) is 1. The first-order chi connectivity index (χ1) is 11.2. The molecule has 1 spiro atoms. The molecule has 2 saturated heterocycles. The minimum atomic E-state index is 0.0687. The molecule has 124 valence electrons. The Labute approximate surface area is 140 Å². The van der Waals surface area contributed by atoms with Gasteiger partial charge >= 0.3 is 0 Å².